The topological polar surface area (TPSA) is 29.5 Å². The quantitative estimate of drug-likeness (QED) is 0.671. The van der Waals surface area contributed by atoms with Crippen molar-refractivity contribution in [2.75, 3.05) is 26.1 Å². The maximum atomic E-state index is 13.1. The molecule has 0 bridgehead atoms. The number of benzene rings is 1. The van der Waals surface area contributed by atoms with Gasteiger partial charge < -0.3 is 9.64 Å². The van der Waals surface area contributed by atoms with Gasteiger partial charge >= 0.3 is 5.97 Å². The third-order valence-corrected chi connectivity index (χ3v) is 4.65. The molecule has 3 nitrogen and oxygen atoms in total. The van der Waals surface area contributed by atoms with Crippen LogP contribution in [0.2, 0.25) is 0 Å². The Bertz CT molecular complexity index is 599. The van der Waals surface area contributed by atoms with Crippen LogP contribution < -0.4 is 0 Å². The van der Waals surface area contributed by atoms with Crippen molar-refractivity contribution in [2.45, 2.75) is 51.9 Å². The van der Waals surface area contributed by atoms with E-state index in [0.717, 1.165) is 37.7 Å². The standard InChI is InChI=1S/C20H31NO2/c1-3-21(4-2)15-16-23-20(22)19(17-11-7-5-8-12-17)18-13-9-6-10-14-18/h5,7-8,11-12,18-19H,3-4,6,9-10,13-16H2,1-2H3/i15D2,16D2. The van der Waals surface area contributed by atoms with Crippen LogP contribution in [0.1, 0.15) is 62.9 Å². The molecule has 23 heavy (non-hydrogen) atoms. The minimum Gasteiger partial charge on any atom is -0.464 e. The summed E-state index contributed by atoms with van der Waals surface area (Å²) in [5.41, 5.74) is 0.814. The number of hydrogen-bond acceptors (Lipinski definition) is 3. The molecule has 0 heterocycles. The Morgan fingerprint density at radius 3 is 2.48 bits per heavy atom. The molecule has 1 fully saturated rings. The van der Waals surface area contributed by atoms with E-state index >= 15 is 0 Å². The van der Waals surface area contributed by atoms with Gasteiger partial charge in [-0.1, -0.05) is 63.4 Å². The average Bonchev–Trinajstić information content (AvgIpc) is 2.64. The summed E-state index contributed by atoms with van der Waals surface area (Å²) in [6.07, 6.45) is 5.06. The molecular formula is C20H31NO2. The number of hydrogen-bond donors (Lipinski definition) is 0. The number of carbonyl (C=O) groups is 1. The maximum absolute atomic E-state index is 13.1. The van der Waals surface area contributed by atoms with Gasteiger partial charge in [0.25, 0.3) is 0 Å². The molecule has 1 unspecified atom stereocenters. The largest absolute Gasteiger partial charge is 0.464 e. The number of esters is 1. The Hall–Kier alpha value is -1.35. The fourth-order valence-corrected chi connectivity index (χ4v) is 3.31. The molecular weight excluding hydrogens is 286 g/mol. The third-order valence-electron chi connectivity index (χ3n) is 4.65. The highest BCUT2D eigenvalue weighted by Gasteiger charge is 2.32. The molecule has 0 radical (unpaired) electrons. The zero-order valence-corrected chi connectivity index (χ0v) is 14.3. The summed E-state index contributed by atoms with van der Waals surface area (Å²) in [6, 6.07) is 9.35. The Morgan fingerprint density at radius 2 is 1.87 bits per heavy atom. The van der Waals surface area contributed by atoms with Gasteiger partial charge in [0.2, 0.25) is 0 Å². The summed E-state index contributed by atoms with van der Waals surface area (Å²) >= 11 is 0. The van der Waals surface area contributed by atoms with Crippen molar-refractivity contribution in [3.8, 4) is 0 Å². The first-order valence-electron chi connectivity index (χ1n) is 10.8. The van der Waals surface area contributed by atoms with Crippen LogP contribution in [0.5, 0.6) is 0 Å². The lowest BCUT2D eigenvalue weighted by molar-refractivity contribution is -0.147. The zero-order valence-electron chi connectivity index (χ0n) is 18.3. The van der Waals surface area contributed by atoms with E-state index < -0.39 is 24.9 Å². The SMILES string of the molecule is [2H]C([2H])(OC(=O)C(c1ccccc1)C1CCCCC1)C([2H])([2H])N(CC)CC. The highest BCUT2D eigenvalue weighted by Crippen LogP contribution is 2.36. The van der Waals surface area contributed by atoms with E-state index in [-0.39, 0.29) is 5.92 Å². The summed E-state index contributed by atoms with van der Waals surface area (Å²) in [5, 5.41) is 0. The predicted octanol–water partition coefficient (Wildman–Crippen LogP) is 4.24. The molecule has 0 amide bonds. The Balaban J connectivity index is 2.27. The van der Waals surface area contributed by atoms with E-state index in [2.05, 4.69) is 0 Å². The van der Waals surface area contributed by atoms with E-state index in [1.807, 2.05) is 30.3 Å². The van der Waals surface area contributed by atoms with Gasteiger partial charge in [0.05, 0.1) is 8.66 Å². The first kappa shape index (κ1) is 13.0. The van der Waals surface area contributed by atoms with Crippen LogP contribution >= 0.6 is 0 Å². The molecule has 1 aromatic rings. The van der Waals surface area contributed by atoms with Crippen LogP contribution in [-0.2, 0) is 9.53 Å². The second kappa shape index (κ2) is 9.71. The minimum absolute atomic E-state index is 0.101. The van der Waals surface area contributed by atoms with Crippen molar-refractivity contribution < 1.29 is 15.0 Å². The predicted molar refractivity (Wildman–Crippen MR) is 94.5 cm³/mol. The van der Waals surface area contributed by atoms with Gasteiger partial charge in [-0.05, 0) is 37.4 Å². The van der Waals surface area contributed by atoms with E-state index in [4.69, 9.17) is 10.2 Å². The lowest BCUT2D eigenvalue weighted by Crippen LogP contribution is -2.31. The summed E-state index contributed by atoms with van der Waals surface area (Å²) in [7, 11) is 0. The molecule has 0 N–H and O–H groups in total. The monoisotopic (exact) mass is 321 g/mol. The Kier molecular flexibility index (Phi) is 5.49. The number of nitrogens with zero attached hydrogens (tertiary/aromatic N) is 1. The minimum atomic E-state index is -2.74. The molecule has 1 saturated carbocycles. The van der Waals surface area contributed by atoms with Crippen LogP contribution in [0.25, 0.3) is 0 Å². The lowest BCUT2D eigenvalue weighted by atomic mass is 9.77. The Labute approximate surface area is 146 Å². The average molecular weight is 321 g/mol. The number of ether oxygens (including phenoxy) is 1. The van der Waals surface area contributed by atoms with Crippen molar-refractivity contribution >= 4 is 5.97 Å². The van der Waals surface area contributed by atoms with Gasteiger partial charge in [0.1, 0.15) is 6.56 Å². The molecule has 0 spiro atoms. The van der Waals surface area contributed by atoms with E-state index in [9.17, 15) is 4.79 Å². The smallest absolute Gasteiger partial charge is 0.313 e. The van der Waals surface area contributed by atoms with Crippen molar-refractivity contribution in [3.63, 3.8) is 0 Å². The van der Waals surface area contributed by atoms with Crippen LogP contribution in [0.4, 0.5) is 0 Å². The second-order valence-electron chi connectivity index (χ2n) is 6.09. The van der Waals surface area contributed by atoms with Gasteiger partial charge in [-0.15, -0.1) is 0 Å². The van der Waals surface area contributed by atoms with Crippen molar-refractivity contribution in [1.82, 2.24) is 4.90 Å². The molecule has 3 heteroatoms. The van der Waals surface area contributed by atoms with E-state index in [1.165, 1.54) is 4.90 Å². The molecule has 128 valence electrons. The van der Waals surface area contributed by atoms with Crippen molar-refractivity contribution in [1.29, 1.82) is 0 Å². The summed E-state index contributed by atoms with van der Waals surface area (Å²) in [5.74, 6) is -1.13. The normalized spacial score (nSPS) is 21.0. The van der Waals surface area contributed by atoms with Gasteiger partial charge in [-0.2, -0.15) is 0 Å². The highest BCUT2D eigenvalue weighted by atomic mass is 16.5. The second-order valence-corrected chi connectivity index (χ2v) is 6.09. The van der Waals surface area contributed by atoms with Crippen molar-refractivity contribution in [3.05, 3.63) is 35.9 Å². The van der Waals surface area contributed by atoms with Gasteiger partial charge in [0.15, 0.2) is 0 Å². The number of rotatable bonds is 8. The van der Waals surface area contributed by atoms with Crippen LogP contribution in [-0.4, -0.2) is 37.0 Å². The van der Waals surface area contributed by atoms with Crippen molar-refractivity contribution in [2.24, 2.45) is 5.92 Å². The maximum Gasteiger partial charge on any atom is 0.313 e. The molecule has 0 aromatic heterocycles. The highest BCUT2D eigenvalue weighted by molar-refractivity contribution is 5.78. The van der Waals surface area contributed by atoms with Crippen LogP contribution in [0.3, 0.4) is 0 Å². The van der Waals surface area contributed by atoms with Gasteiger partial charge in [-0.25, -0.2) is 0 Å². The first-order chi connectivity index (χ1) is 12.7. The number of likely N-dealkylation sites (N-methyl/N-ethyl adjacent to an activating group) is 1. The summed E-state index contributed by atoms with van der Waals surface area (Å²) < 4.78 is 38.0. The lowest BCUT2D eigenvalue weighted by Gasteiger charge is -2.29. The van der Waals surface area contributed by atoms with Gasteiger partial charge in [0, 0.05) is 9.24 Å². The first-order valence-corrected chi connectivity index (χ1v) is 8.77. The van der Waals surface area contributed by atoms with Crippen LogP contribution in [0.15, 0.2) is 30.3 Å². The third kappa shape index (κ3) is 5.35. The van der Waals surface area contributed by atoms with E-state index in [1.54, 1.807) is 13.8 Å². The molecule has 0 aliphatic heterocycles. The fraction of sp³-hybridized carbons (Fsp3) is 0.650. The molecule has 1 aliphatic carbocycles. The molecule has 1 aliphatic rings. The fourth-order valence-electron chi connectivity index (χ4n) is 3.31. The molecule has 0 saturated heterocycles. The van der Waals surface area contributed by atoms with Crippen LogP contribution in [0, 0.1) is 5.92 Å². The van der Waals surface area contributed by atoms with E-state index in [0.29, 0.717) is 13.1 Å². The molecule has 1 atom stereocenters. The number of carbonyl (C=O) groups excluding carboxylic acids is 1. The molecule has 2 rings (SSSR count). The summed E-state index contributed by atoms with van der Waals surface area (Å²) in [6.45, 7) is -0.976. The van der Waals surface area contributed by atoms with Gasteiger partial charge in [-0.3, -0.25) is 4.79 Å². The molecule has 1 aromatic carbocycles. The Morgan fingerprint density at radius 1 is 1.22 bits per heavy atom. The zero-order chi connectivity index (χ0) is 20.1. The summed E-state index contributed by atoms with van der Waals surface area (Å²) in [4.78, 5) is 14.4.